The van der Waals surface area contributed by atoms with Crippen LogP contribution in [0, 0.1) is 0 Å². The van der Waals surface area contributed by atoms with Gasteiger partial charge in [0, 0.05) is 13.5 Å². The minimum Gasteiger partial charge on any atom is -0.477 e. The molecule has 110 valence electrons. The van der Waals surface area contributed by atoms with Crippen molar-refractivity contribution in [2.24, 2.45) is 4.99 Å². The Bertz CT molecular complexity index is 463. The van der Waals surface area contributed by atoms with Crippen LogP contribution in [-0.4, -0.2) is 35.9 Å². The van der Waals surface area contributed by atoms with Crippen molar-refractivity contribution < 1.29 is 19.4 Å². The average Bonchev–Trinajstić information content (AvgIpc) is 2.36. The molecule has 1 atom stereocenters. The summed E-state index contributed by atoms with van der Waals surface area (Å²) in [4.78, 5) is 15.3. The van der Waals surface area contributed by atoms with Crippen molar-refractivity contribution >= 4 is 11.7 Å². The van der Waals surface area contributed by atoms with Gasteiger partial charge in [-0.25, -0.2) is 9.79 Å². The highest BCUT2D eigenvalue weighted by Crippen LogP contribution is 2.13. The quantitative estimate of drug-likeness (QED) is 0.641. The number of carbonyl (C=O) groups is 1. The van der Waals surface area contributed by atoms with E-state index in [1.165, 1.54) is 7.11 Å². The molecule has 0 aliphatic heterocycles. The fourth-order valence-electron chi connectivity index (χ4n) is 1.52. The summed E-state index contributed by atoms with van der Waals surface area (Å²) in [6.45, 7) is 5.56. The van der Waals surface area contributed by atoms with Crippen LogP contribution in [0.4, 0.5) is 0 Å². The highest BCUT2D eigenvalue weighted by Gasteiger charge is 2.20. The Hall–Kier alpha value is -1.72. The molecule has 1 unspecified atom stereocenters. The molecule has 0 aliphatic carbocycles. The van der Waals surface area contributed by atoms with Gasteiger partial charge in [0.05, 0.1) is 5.60 Å². The van der Waals surface area contributed by atoms with E-state index in [4.69, 9.17) is 9.47 Å². The summed E-state index contributed by atoms with van der Waals surface area (Å²) < 4.78 is 10.6. The van der Waals surface area contributed by atoms with Crippen molar-refractivity contribution in [2.45, 2.75) is 39.2 Å². The van der Waals surface area contributed by atoms with Gasteiger partial charge in [-0.2, -0.15) is 0 Å². The molecule has 1 rings (SSSR count). The van der Waals surface area contributed by atoms with Crippen LogP contribution in [0.25, 0.3) is 0 Å². The molecule has 0 bridgehead atoms. The molecule has 20 heavy (non-hydrogen) atoms. The van der Waals surface area contributed by atoms with E-state index >= 15 is 0 Å². The van der Waals surface area contributed by atoms with Crippen molar-refractivity contribution in [3.63, 3.8) is 0 Å². The fraction of sp³-hybridized carbons (Fsp3) is 0.467. The maximum Gasteiger partial charge on any atom is 0.350 e. The molecule has 0 aromatic heterocycles. The van der Waals surface area contributed by atoms with Crippen LogP contribution < -0.4 is 0 Å². The van der Waals surface area contributed by atoms with E-state index in [0.717, 1.165) is 5.56 Å². The van der Waals surface area contributed by atoms with E-state index < -0.39 is 18.0 Å². The topological polar surface area (TPSA) is 68.1 Å². The summed E-state index contributed by atoms with van der Waals surface area (Å²) in [6.07, 6.45) is -0.700. The molecule has 0 amide bonds. The molecule has 1 aromatic rings. The Morgan fingerprint density at radius 1 is 1.30 bits per heavy atom. The maximum absolute atomic E-state index is 11.3. The second-order valence-corrected chi connectivity index (χ2v) is 5.32. The zero-order valence-corrected chi connectivity index (χ0v) is 12.3. The zero-order chi connectivity index (χ0) is 15.2. The van der Waals surface area contributed by atoms with E-state index in [1.54, 1.807) is 0 Å². The van der Waals surface area contributed by atoms with Gasteiger partial charge in [0.25, 0.3) is 6.41 Å². The van der Waals surface area contributed by atoms with Gasteiger partial charge in [0.15, 0.2) is 0 Å². The van der Waals surface area contributed by atoms with Gasteiger partial charge >= 0.3 is 5.97 Å². The monoisotopic (exact) mass is 279 g/mol. The van der Waals surface area contributed by atoms with Crippen LogP contribution in [0.3, 0.4) is 0 Å². The average molecular weight is 279 g/mol. The Morgan fingerprint density at radius 3 is 2.35 bits per heavy atom. The number of aliphatic carboxylic acids is 1. The molecule has 1 aromatic carbocycles. The van der Waals surface area contributed by atoms with Crippen LogP contribution in [0.2, 0.25) is 0 Å². The second kappa shape index (κ2) is 7.17. The predicted molar refractivity (Wildman–Crippen MR) is 76.9 cm³/mol. The fourth-order valence-corrected chi connectivity index (χ4v) is 1.52. The Labute approximate surface area is 119 Å². The molecular formula is C15H21NO4. The highest BCUT2D eigenvalue weighted by molar-refractivity contribution is 6.36. The number of benzene rings is 1. The molecule has 0 saturated heterocycles. The molecule has 0 aliphatic rings. The molecule has 1 N–H and O–H groups in total. The molecular weight excluding hydrogens is 258 g/mol. The van der Waals surface area contributed by atoms with Gasteiger partial charge in [-0.05, 0) is 26.3 Å². The highest BCUT2D eigenvalue weighted by atomic mass is 16.7. The standard InChI is InChI=1S/C15H21NO4/c1-15(2,3)20-14(19-4)16-12(13(17)18)10-11-8-6-5-7-9-11/h5-9,14H,10H2,1-4H3,(H,17,18). The summed E-state index contributed by atoms with van der Waals surface area (Å²) >= 11 is 0. The third-order valence-electron chi connectivity index (χ3n) is 2.38. The first-order chi connectivity index (χ1) is 9.31. The zero-order valence-electron chi connectivity index (χ0n) is 12.3. The van der Waals surface area contributed by atoms with Crippen molar-refractivity contribution in [1.82, 2.24) is 0 Å². The number of carboxylic acids is 1. The number of methoxy groups -OCH3 is 1. The molecule has 5 heteroatoms. The first kappa shape index (κ1) is 16.3. The summed E-state index contributed by atoms with van der Waals surface area (Å²) in [7, 11) is 1.43. The molecule has 0 heterocycles. The molecule has 0 radical (unpaired) electrons. The SMILES string of the molecule is COC(N=C(Cc1ccccc1)C(=O)O)OC(C)(C)C. The minimum atomic E-state index is -1.08. The number of aliphatic imine (C=N–C) groups is 1. The Morgan fingerprint density at radius 2 is 1.90 bits per heavy atom. The summed E-state index contributed by atoms with van der Waals surface area (Å²) in [5, 5.41) is 9.24. The van der Waals surface area contributed by atoms with Crippen LogP contribution in [-0.2, 0) is 20.7 Å². The van der Waals surface area contributed by atoms with Crippen molar-refractivity contribution in [2.75, 3.05) is 7.11 Å². The maximum atomic E-state index is 11.3. The van der Waals surface area contributed by atoms with Crippen molar-refractivity contribution in [1.29, 1.82) is 0 Å². The van der Waals surface area contributed by atoms with E-state index in [0.29, 0.717) is 0 Å². The Kier molecular flexibility index (Phi) is 5.85. The summed E-state index contributed by atoms with van der Waals surface area (Å²) in [5.74, 6) is -1.08. The lowest BCUT2D eigenvalue weighted by Gasteiger charge is -2.24. The number of ether oxygens (including phenoxy) is 2. The van der Waals surface area contributed by atoms with E-state index in [2.05, 4.69) is 4.99 Å². The normalized spacial score (nSPS) is 14.1. The lowest BCUT2D eigenvalue weighted by molar-refractivity contribution is -0.176. The lowest BCUT2D eigenvalue weighted by Crippen LogP contribution is -2.30. The number of carboxylic acid groups (broad SMARTS) is 1. The van der Waals surface area contributed by atoms with Crippen LogP contribution >= 0.6 is 0 Å². The largest absolute Gasteiger partial charge is 0.477 e. The van der Waals surface area contributed by atoms with Crippen molar-refractivity contribution in [3.8, 4) is 0 Å². The lowest BCUT2D eigenvalue weighted by atomic mass is 10.1. The molecule has 0 spiro atoms. The smallest absolute Gasteiger partial charge is 0.350 e. The van der Waals surface area contributed by atoms with Crippen LogP contribution in [0.15, 0.2) is 35.3 Å². The second-order valence-electron chi connectivity index (χ2n) is 5.32. The number of hydrogen-bond donors (Lipinski definition) is 1. The number of hydrogen-bond acceptors (Lipinski definition) is 4. The summed E-state index contributed by atoms with van der Waals surface area (Å²) in [5.41, 5.74) is 0.409. The third-order valence-corrected chi connectivity index (χ3v) is 2.38. The Balaban J connectivity index is 2.88. The third kappa shape index (κ3) is 5.95. The van der Waals surface area contributed by atoms with E-state index in [9.17, 15) is 9.90 Å². The van der Waals surface area contributed by atoms with Gasteiger partial charge in [-0.3, -0.25) is 0 Å². The summed E-state index contributed by atoms with van der Waals surface area (Å²) in [6, 6.07) is 9.29. The van der Waals surface area contributed by atoms with E-state index in [1.807, 2.05) is 51.1 Å². The number of nitrogens with zero attached hydrogens (tertiary/aromatic N) is 1. The van der Waals surface area contributed by atoms with E-state index in [-0.39, 0.29) is 12.1 Å². The van der Waals surface area contributed by atoms with Gasteiger partial charge < -0.3 is 14.6 Å². The van der Waals surface area contributed by atoms with Gasteiger partial charge in [0.2, 0.25) is 0 Å². The first-order valence-corrected chi connectivity index (χ1v) is 6.36. The van der Waals surface area contributed by atoms with Gasteiger partial charge in [-0.1, -0.05) is 30.3 Å². The van der Waals surface area contributed by atoms with Crippen LogP contribution in [0.1, 0.15) is 26.3 Å². The predicted octanol–water partition coefficient (Wildman–Crippen LogP) is 2.50. The minimum absolute atomic E-state index is 0.00676. The first-order valence-electron chi connectivity index (χ1n) is 6.36. The molecule has 0 fully saturated rings. The van der Waals surface area contributed by atoms with Crippen LogP contribution in [0.5, 0.6) is 0 Å². The molecule has 5 nitrogen and oxygen atoms in total. The van der Waals surface area contributed by atoms with Crippen molar-refractivity contribution in [3.05, 3.63) is 35.9 Å². The number of rotatable bonds is 6. The van der Waals surface area contributed by atoms with Gasteiger partial charge in [0.1, 0.15) is 5.71 Å². The van der Waals surface area contributed by atoms with Gasteiger partial charge in [-0.15, -0.1) is 0 Å². The molecule has 0 saturated carbocycles.